The average Bonchev–Trinajstić information content (AvgIpc) is 2.62. The van der Waals surface area contributed by atoms with E-state index in [1.54, 1.807) is 0 Å². The summed E-state index contributed by atoms with van der Waals surface area (Å²) < 4.78 is 0. The van der Waals surface area contributed by atoms with Gasteiger partial charge in [-0.05, 0) is 24.1 Å². The van der Waals surface area contributed by atoms with Crippen molar-refractivity contribution in [1.82, 2.24) is 15.3 Å². The molecule has 17 heavy (non-hydrogen) atoms. The molecular weight excluding hydrogens is 263 g/mol. The van der Waals surface area contributed by atoms with Crippen molar-refractivity contribution in [2.45, 2.75) is 6.92 Å². The Morgan fingerprint density at radius 2 is 2.24 bits per heavy atom. The van der Waals surface area contributed by atoms with Gasteiger partial charge in [-0.25, -0.2) is 9.97 Å². The van der Waals surface area contributed by atoms with E-state index in [9.17, 15) is 4.79 Å². The molecule has 2 atom stereocenters. The molecule has 1 saturated heterocycles. The van der Waals surface area contributed by atoms with Gasteiger partial charge in [0.1, 0.15) is 11.0 Å². The second-order valence-electron chi connectivity index (χ2n) is 4.08. The second kappa shape index (κ2) is 5.16. The topological polar surface area (TPSA) is 66.9 Å². The summed E-state index contributed by atoms with van der Waals surface area (Å²) in [5.41, 5.74) is 0. The molecule has 1 fully saturated rings. The summed E-state index contributed by atoms with van der Waals surface area (Å²) in [5, 5.41) is 6.09. The first-order chi connectivity index (χ1) is 8.06. The Morgan fingerprint density at radius 3 is 2.82 bits per heavy atom. The maximum atomic E-state index is 12.0. The molecule has 0 bridgehead atoms. The number of aromatic nitrogens is 2. The molecular formula is C10H12Cl2N4O. The van der Waals surface area contributed by atoms with Gasteiger partial charge in [-0.15, -0.1) is 0 Å². The van der Waals surface area contributed by atoms with E-state index in [0.717, 1.165) is 6.54 Å². The van der Waals surface area contributed by atoms with Gasteiger partial charge < -0.3 is 10.6 Å². The predicted molar refractivity (Wildman–Crippen MR) is 66.2 cm³/mol. The van der Waals surface area contributed by atoms with Crippen LogP contribution in [0.4, 0.5) is 5.82 Å². The Bertz CT molecular complexity index is 420. The number of halogens is 2. The van der Waals surface area contributed by atoms with Gasteiger partial charge in [-0.1, -0.05) is 18.5 Å². The lowest BCUT2D eigenvalue weighted by molar-refractivity contribution is -0.120. The summed E-state index contributed by atoms with van der Waals surface area (Å²) in [5.74, 6) is 0.512. The highest BCUT2D eigenvalue weighted by Crippen LogP contribution is 2.19. The van der Waals surface area contributed by atoms with Crippen LogP contribution in [0.1, 0.15) is 6.92 Å². The molecule has 5 nitrogen and oxygen atoms in total. The summed E-state index contributed by atoms with van der Waals surface area (Å²) in [6.07, 6.45) is 0. The SMILES string of the molecule is CC1CNCC1C(=O)Nc1cc(Cl)nc(Cl)n1. The third-order valence-electron chi connectivity index (χ3n) is 2.77. The Hall–Kier alpha value is -0.910. The molecule has 1 aromatic heterocycles. The van der Waals surface area contributed by atoms with E-state index in [0.29, 0.717) is 18.3 Å². The lowest BCUT2D eigenvalue weighted by atomic mass is 9.97. The molecule has 0 aliphatic carbocycles. The average molecular weight is 275 g/mol. The van der Waals surface area contributed by atoms with Gasteiger partial charge in [0.2, 0.25) is 11.2 Å². The molecule has 1 amide bonds. The van der Waals surface area contributed by atoms with Crippen molar-refractivity contribution >= 4 is 34.9 Å². The van der Waals surface area contributed by atoms with Gasteiger partial charge in [-0.2, -0.15) is 0 Å². The minimum absolute atomic E-state index is 0.0189. The van der Waals surface area contributed by atoms with Crippen LogP contribution < -0.4 is 10.6 Å². The van der Waals surface area contributed by atoms with E-state index in [1.165, 1.54) is 6.07 Å². The fraction of sp³-hybridized carbons (Fsp3) is 0.500. The molecule has 1 aliphatic heterocycles. The monoisotopic (exact) mass is 274 g/mol. The van der Waals surface area contributed by atoms with Crippen LogP contribution in [0.5, 0.6) is 0 Å². The van der Waals surface area contributed by atoms with Crippen molar-refractivity contribution in [3.8, 4) is 0 Å². The van der Waals surface area contributed by atoms with Crippen LogP contribution in [0, 0.1) is 11.8 Å². The summed E-state index contributed by atoms with van der Waals surface area (Å²) in [4.78, 5) is 19.5. The van der Waals surface area contributed by atoms with Crippen LogP contribution in [-0.2, 0) is 4.79 Å². The van der Waals surface area contributed by atoms with E-state index in [2.05, 4.69) is 20.6 Å². The lowest BCUT2D eigenvalue weighted by Gasteiger charge is -2.13. The van der Waals surface area contributed by atoms with Crippen molar-refractivity contribution < 1.29 is 4.79 Å². The highest BCUT2D eigenvalue weighted by Gasteiger charge is 2.29. The number of rotatable bonds is 2. The summed E-state index contributed by atoms with van der Waals surface area (Å²) in [7, 11) is 0. The number of hydrogen-bond acceptors (Lipinski definition) is 4. The van der Waals surface area contributed by atoms with Gasteiger partial charge in [-0.3, -0.25) is 4.79 Å². The molecule has 1 aromatic rings. The van der Waals surface area contributed by atoms with E-state index in [4.69, 9.17) is 23.2 Å². The normalized spacial score (nSPS) is 23.7. The number of nitrogens with zero attached hydrogens (tertiary/aromatic N) is 2. The van der Waals surface area contributed by atoms with Crippen molar-refractivity contribution in [1.29, 1.82) is 0 Å². The number of nitrogens with one attached hydrogen (secondary N) is 2. The van der Waals surface area contributed by atoms with Crippen LogP contribution in [0.15, 0.2) is 6.07 Å². The van der Waals surface area contributed by atoms with Gasteiger partial charge in [0, 0.05) is 12.6 Å². The van der Waals surface area contributed by atoms with Gasteiger partial charge in [0.05, 0.1) is 5.92 Å². The van der Waals surface area contributed by atoms with E-state index < -0.39 is 0 Å². The molecule has 0 radical (unpaired) electrons. The Labute approximate surface area is 109 Å². The first-order valence-corrected chi connectivity index (χ1v) is 6.03. The highest BCUT2D eigenvalue weighted by atomic mass is 35.5. The molecule has 1 aliphatic rings. The molecule has 0 aromatic carbocycles. The molecule has 0 saturated carbocycles. The first kappa shape index (κ1) is 12.5. The lowest BCUT2D eigenvalue weighted by Crippen LogP contribution is -2.28. The maximum Gasteiger partial charge on any atom is 0.230 e. The zero-order valence-corrected chi connectivity index (χ0v) is 10.7. The zero-order valence-electron chi connectivity index (χ0n) is 9.20. The first-order valence-electron chi connectivity index (χ1n) is 5.28. The summed E-state index contributed by atoms with van der Waals surface area (Å²) >= 11 is 11.4. The van der Waals surface area contributed by atoms with Crippen molar-refractivity contribution in [2.24, 2.45) is 11.8 Å². The van der Waals surface area contributed by atoms with Crippen LogP contribution >= 0.6 is 23.2 Å². The van der Waals surface area contributed by atoms with Crippen LogP contribution in [0.25, 0.3) is 0 Å². The predicted octanol–water partition coefficient (Wildman–Crippen LogP) is 1.58. The maximum absolute atomic E-state index is 12.0. The summed E-state index contributed by atoms with van der Waals surface area (Å²) in [6, 6.07) is 1.47. The number of anilines is 1. The van der Waals surface area contributed by atoms with E-state index in [-0.39, 0.29) is 22.3 Å². The van der Waals surface area contributed by atoms with Crippen LogP contribution in [-0.4, -0.2) is 29.0 Å². The summed E-state index contributed by atoms with van der Waals surface area (Å²) in [6.45, 7) is 3.56. The van der Waals surface area contributed by atoms with Crippen molar-refractivity contribution in [3.63, 3.8) is 0 Å². The molecule has 2 heterocycles. The number of carbonyl (C=O) groups is 1. The molecule has 2 N–H and O–H groups in total. The largest absolute Gasteiger partial charge is 0.316 e. The zero-order chi connectivity index (χ0) is 12.4. The number of amides is 1. The smallest absolute Gasteiger partial charge is 0.230 e. The minimum Gasteiger partial charge on any atom is -0.316 e. The Kier molecular flexibility index (Phi) is 3.81. The molecule has 92 valence electrons. The van der Waals surface area contributed by atoms with Gasteiger partial charge in [0.15, 0.2) is 0 Å². The van der Waals surface area contributed by atoms with Gasteiger partial charge in [0.25, 0.3) is 0 Å². The van der Waals surface area contributed by atoms with Crippen LogP contribution in [0.3, 0.4) is 0 Å². The number of hydrogen-bond donors (Lipinski definition) is 2. The van der Waals surface area contributed by atoms with Crippen molar-refractivity contribution in [2.75, 3.05) is 18.4 Å². The quantitative estimate of drug-likeness (QED) is 0.635. The minimum atomic E-state index is -0.0756. The fourth-order valence-corrected chi connectivity index (χ4v) is 2.24. The molecule has 0 spiro atoms. The number of carbonyl (C=O) groups excluding carboxylic acids is 1. The van der Waals surface area contributed by atoms with E-state index in [1.807, 2.05) is 6.92 Å². The van der Waals surface area contributed by atoms with Crippen molar-refractivity contribution in [3.05, 3.63) is 16.5 Å². The van der Waals surface area contributed by atoms with Crippen LogP contribution in [0.2, 0.25) is 10.4 Å². The molecule has 2 rings (SSSR count). The van der Waals surface area contributed by atoms with Gasteiger partial charge >= 0.3 is 0 Å². The molecule has 2 unspecified atom stereocenters. The fourth-order valence-electron chi connectivity index (χ4n) is 1.83. The third kappa shape index (κ3) is 3.06. The highest BCUT2D eigenvalue weighted by molar-refractivity contribution is 6.32. The third-order valence-corrected chi connectivity index (χ3v) is 3.14. The molecule has 7 heteroatoms. The second-order valence-corrected chi connectivity index (χ2v) is 4.80. The Balaban J connectivity index is 2.07. The Morgan fingerprint density at radius 1 is 1.47 bits per heavy atom. The van der Waals surface area contributed by atoms with E-state index >= 15 is 0 Å². The standard InChI is InChI=1S/C10H12Cl2N4O/c1-5-3-13-4-6(5)9(17)15-8-2-7(11)14-10(12)16-8/h2,5-6,13H,3-4H2,1H3,(H,14,15,16,17).